The van der Waals surface area contributed by atoms with Crippen molar-refractivity contribution in [3.8, 4) is 5.75 Å². The maximum Gasteiger partial charge on any atom is 0.122 e. The third-order valence-electron chi connectivity index (χ3n) is 3.63. The lowest BCUT2D eigenvalue weighted by molar-refractivity contribution is 0.393. The first-order chi connectivity index (χ1) is 8.35. The van der Waals surface area contributed by atoms with Crippen LogP contribution in [0.2, 0.25) is 0 Å². The smallest absolute Gasteiger partial charge is 0.122 e. The largest absolute Gasteiger partial charge is 0.496 e. The average Bonchev–Trinajstić information content (AvgIpc) is 2.38. The second-order valence-corrected chi connectivity index (χ2v) is 4.85. The van der Waals surface area contributed by atoms with E-state index in [2.05, 4.69) is 30.4 Å². The SMILES string of the molecule is CCCCNC1CCc2cccc(OC)c2C1. The van der Waals surface area contributed by atoms with Gasteiger partial charge in [-0.15, -0.1) is 0 Å². The van der Waals surface area contributed by atoms with Crippen LogP contribution < -0.4 is 10.1 Å². The third kappa shape index (κ3) is 3.01. The monoisotopic (exact) mass is 233 g/mol. The van der Waals surface area contributed by atoms with Gasteiger partial charge in [0.05, 0.1) is 7.11 Å². The lowest BCUT2D eigenvalue weighted by atomic mass is 9.87. The maximum absolute atomic E-state index is 5.46. The molecule has 1 aliphatic carbocycles. The minimum atomic E-state index is 0.630. The summed E-state index contributed by atoms with van der Waals surface area (Å²) in [5.41, 5.74) is 2.88. The number of methoxy groups -OCH3 is 1. The first-order valence-electron chi connectivity index (χ1n) is 6.73. The second-order valence-electron chi connectivity index (χ2n) is 4.85. The van der Waals surface area contributed by atoms with Crippen molar-refractivity contribution in [1.82, 2.24) is 5.32 Å². The number of fused-ring (bicyclic) bond motifs is 1. The summed E-state index contributed by atoms with van der Waals surface area (Å²) in [7, 11) is 1.77. The number of hydrogen-bond donors (Lipinski definition) is 1. The van der Waals surface area contributed by atoms with E-state index < -0.39 is 0 Å². The Morgan fingerprint density at radius 3 is 3.06 bits per heavy atom. The minimum absolute atomic E-state index is 0.630. The van der Waals surface area contributed by atoms with Crippen LogP contribution in [0.15, 0.2) is 18.2 Å². The normalized spacial score (nSPS) is 18.8. The van der Waals surface area contributed by atoms with Crippen molar-refractivity contribution in [2.24, 2.45) is 0 Å². The van der Waals surface area contributed by atoms with Crippen molar-refractivity contribution in [2.45, 2.75) is 45.1 Å². The van der Waals surface area contributed by atoms with Crippen molar-refractivity contribution in [1.29, 1.82) is 0 Å². The van der Waals surface area contributed by atoms with Gasteiger partial charge in [0.2, 0.25) is 0 Å². The highest BCUT2D eigenvalue weighted by Crippen LogP contribution is 2.29. The fourth-order valence-corrected chi connectivity index (χ4v) is 2.60. The highest BCUT2D eigenvalue weighted by Gasteiger charge is 2.20. The van der Waals surface area contributed by atoms with Gasteiger partial charge in [-0.25, -0.2) is 0 Å². The number of nitrogens with one attached hydrogen (secondary N) is 1. The van der Waals surface area contributed by atoms with Crippen molar-refractivity contribution in [3.05, 3.63) is 29.3 Å². The van der Waals surface area contributed by atoms with Crippen LogP contribution in [0.5, 0.6) is 5.75 Å². The number of ether oxygens (including phenoxy) is 1. The zero-order valence-electron chi connectivity index (χ0n) is 11.0. The van der Waals surface area contributed by atoms with Gasteiger partial charge in [-0.1, -0.05) is 25.5 Å². The Morgan fingerprint density at radius 1 is 1.41 bits per heavy atom. The Labute approximate surface area is 104 Å². The quantitative estimate of drug-likeness (QED) is 0.790. The second kappa shape index (κ2) is 6.06. The molecule has 0 aliphatic heterocycles. The van der Waals surface area contributed by atoms with E-state index >= 15 is 0 Å². The molecule has 1 aromatic carbocycles. The molecule has 1 atom stereocenters. The van der Waals surface area contributed by atoms with Crippen LogP contribution in [-0.2, 0) is 12.8 Å². The summed E-state index contributed by atoms with van der Waals surface area (Å²) in [5, 5.41) is 3.66. The van der Waals surface area contributed by atoms with Gasteiger partial charge >= 0.3 is 0 Å². The van der Waals surface area contributed by atoms with E-state index in [1.165, 1.54) is 36.8 Å². The van der Waals surface area contributed by atoms with E-state index in [1.807, 2.05) is 0 Å². The average molecular weight is 233 g/mol. The molecule has 17 heavy (non-hydrogen) atoms. The molecule has 0 aromatic heterocycles. The molecule has 2 heteroatoms. The van der Waals surface area contributed by atoms with E-state index in [0.717, 1.165) is 18.7 Å². The summed E-state index contributed by atoms with van der Waals surface area (Å²) in [5.74, 6) is 1.06. The summed E-state index contributed by atoms with van der Waals surface area (Å²) in [6, 6.07) is 7.04. The molecule has 1 aromatic rings. The molecule has 0 radical (unpaired) electrons. The standard InChI is InChI=1S/C15H23NO/c1-3-4-10-16-13-9-8-12-6-5-7-15(17-2)14(12)11-13/h5-7,13,16H,3-4,8-11H2,1-2H3. The van der Waals surface area contributed by atoms with E-state index in [4.69, 9.17) is 4.74 Å². The summed E-state index contributed by atoms with van der Waals surface area (Å²) < 4.78 is 5.46. The van der Waals surface area contributed by atoms with Crippen LogP contribution in [0.3, 0.4) is 0 Å². The Bertz CT molecular complexity index is 348. The summed E-state index contributed by atoms with van der Waals surface area (Å²) in [4.78, 5) is 0. The molecule has 0 heterocycles. The van der Waals surface area contributed by atoms with E-state index in [0.29, 0.717) is 6.04 Å². The highest BCUT2D eigenvalue weighted by atomic mass is 16.5. The van der Waals surface area contributed by atoms with Crippen LogP contribution >= 0.6 is 0 Å². The first-order valence-corrected chi connectivity index (χ1v) is 6.73. The summed E-state index contributed by atoms with van der Waals surface area (Å²) in [6.45, 7) is 3.38. The predicted molar refractivity (Wildman–Crippen MR) is 71.7 cm³/mol. The Balaban J connectivity index is 2.01. The molecule has 0 fully saturated rings. The molecule has 0 saturated heterocycles. The van der Waals surface area contributed by atoms with Crippen LogP contribution in [0.25, 0.3) is 0 Å². The summed E-state index contributed by atoms with van der Waals surface area (Å²) in [6.07, 6.45) is 6.08. The van der Waals surface area contributed by atoms with Gasteiger partial charge in [0.1, 0.15) is 5.75 Å². The van der Waals surface area contributed by atoms with Gasteiger partial charge in [0, 0.05) is 6.04 Å². The number of unbranched alkanes of at least 4 members (excludes halogenated alkanes) is 1. The molecule has 0 bridgehead atoms. The van der Waals surface area contributed by atoms with Crippen molar-refractivity contribution >= 4 is 0 Å². The van der Waals surface area contributed by atoms with Gasteiger partial charge < -0.3 is 10.1 Å². The van der Waals surface area contributed by atoms with Crippen molar-refractivity contribution < 1.29 is 4.74 Å². The minimum Gasteiger partial charge on any atom is -0.496 e. The van der Waals surface area contributed by atoms with E-state index in [1.54, 1.807) is 7.11 Å². The molecule has 1 N–H and O–H groups in total. The summed E-state index contributed by atoms with van der Waals surface area (Å²) >= 11 is 0. The molecule has 2 nitrogen and oxygen atoms in total. The Hall–Kier alpha value is -1.02. The first kappa shape index (κ1) is 12.4. The lowest BCUT2D eigenvalue weighted by Gasteiger charge is -2.27. The van der Waals surface area contributed by atoms with Crippen LogP contribution in [-0.4, -0.2) is 19.7 Å². The number of rotatable bonds is 5. The van der Waals surface area contributed by atoms with Crippen LogP contribution in [0, 0.1) is 0 Å². The fraction of sp³-hybridized carbons (Fsp3) is 0.600. The third-order valence-corrected chi connectivity index (χ3v) is 3.63. The molecular formula is C15H23NO. The molecule has 0 saturated carbocycles. The fourth-order valence-electron chi connectivity index (χ4n) is 2.60. The topological polar surface area (TPSA) is 21.3 Å². The van der Waals surface area contributed by atoms with Gasteiger partial charge in [-0.3, -0.25) is 0 Å². The molecule has 94 valence electrons. The Kier molecular flexibility index (Phi) is 4.43. The molecule has 1 aliphatic rings. The van der Waals surface area contributed by atoms with Crippen LogP contribution in [0.4, 0.5) is 0 Å². The van der Waals surface area contributed by atoms with Gasteiger partial charge in [-0.2, -0.15) is 0 Å². The van der Waals surface area contributed by atoms with Crippen molar-refractivity contribution in [3.63, 3.8) is 0 Å². The van der Waals surface area contributed by atoms with Gasteiger partial charge in [0.25, 0.3) is 0 Å². The number of aryl methyl sites for hydroxylation is 1. The van der Waals surface area contributed by atoms with E-state index in [9.17, 15) is 0 Å². The zero-order valence-corrected chi connectivity index (χ0v) is 11.0. The van der Waals surface area contributed by atoms with Gasteiger partial charge in [-0.05, 0) is 49.4 Å². The molecule has 0 amide bonds. The number of benzene rings is 1. The molecule has 1 unspecified atom stereocenters. The van der Waals surface area contributed by atoms with Gasteiger partial charge in [0.15, 0.2) is 0 Å². The predicted octanol–water partition coefficient (Wildman–Crippen LogP) is 2.94. The Morgan fingerprint density at radius 2 is 2.29 bits per heavy atom. The van der Waals surface area contributed by atoms with Crippen molar-refractivity contribution in [2.75, 3.05) is 13.7 Å². The van der Waals surface area contributed by atoms with Crippen LogP contribution in [0.1, 0.15) is 37.3 Å². The molecule has 2 rings (SSSR count). The zero-order chi connectivity index (χ0) is 12.1. The maximum atomic E-state index is 5.46. The lowest BCUT2D eigenvalue weighted by Crippen LogP contribution is -2.35. The highest BCUT2D eigenvalue weighted by molar-refractivity contribution is 5.42. The van der Waals surface area contributed by atoms with E-state index in [-0.39, 0.29) is 0 Å². The molecular weight excluding hydrogens is 210 g/mol. The number of hydrogen-bond acceptors (Lipinski definition) is 2. The molecule has 0 spiro atoms.